The standard InChI is InChI=1S/C36H46.C28H36Br2/c1-9-17-19-21-31-29(15-7)35-23-33-27(13-5)25(11-3)26(12-4)28(14-6)34(33)24-36(35)30(16-8)32(31)22-20-18-10-2;1-7-17-18(8-2)20(10-4)24-14-26-22(12-6)28(16-30)27(15-29)21(11-5)25(26)13-23(24)19(17)9-3/h23-24H,9-16,21-22H2,1-8H3;13-14H,7-12,15-16H2,1-6H3. The Labute approximate surface area is 419 Å². The number of hydrogen-bond acceptors (Lipinski definition) is 0. The molecule has 0 radical (unpaired) electrons. The molecule has 6 aromatic carbocycles. The molecule has 0 atom stereocenters. The van der Waals surface area contributed by atoms with Crippen LogP contribution in [0.3, 0.4) is 0 Å². The molecule has 0 heterocycles. The maximum absolute atomic E-state index is 3.81. The average Bonchev–Trinajstić information content (AvgIpc) is 3.35. The van der Waals surface area contributed by atoms with Crippen molar-refractivity contribution < 1.29 is 0 Å². The molecule has 0 aliphatic rings. The van der Waals surface area contributed by atoms with Gasteiger partial charge in [-0.05, 0) is 233 Å². The fourth-order valence-electron chi connectivity index (χ4n) is 12.2. The number of hydrogen-bond donors (Lipinski definition) is 0. The molecule has 6 aromatic rings. The maximum atomic E-state index is 3.81. The predicted octanol–water partition coefficient (Wildman–Crippen LogP) is 18.4. The molecule has 0 unspecified atom stereocenters. The van der Waals surface area contributed by atoms with Crippen LogP contribution in [0.2, 0.25) is 0 Å². The van der Waals surface area contributed by atoms with Crippen molar-refractivity contribution in [2.24, 2.45) is 0 Å². The van der Waals surface area contributed by atoms with E-state index in [2.05, 4.69) is 177 Å². The molecule has 0 nitrogen and oxygen atoms in total. The van der Waals surface area contributed by atoms with Gasteiger partial charge >= 0.3 is 0 Å². The van der Waals surface area contributed by atoms with Gasteiger partial charge in [-0.3, -0.25) is 0 Å². The van der Waals surface area contributed by atoms with Crippen LogP contribution in [0.4, 0.5) is 0 Å². The lowest BCUT2D eigenvalue weighted by Crippen LogP contribution is -2.08. The Hall–Kier alpha value is -3.56. The summed E-state index contributed by atoms with van der Waals surface area (Å²) in [4.78, 5) is 0. The Morgan fingerprint density at radius 1 is 0.242 bits per heavy atom. The van der Waals surface area contributed by atoms with Crippen LogP contribution in [0.15, 0.2) is 24.3 Å². The molecule has 0 spiro atoms. The SMILES string of the molecule is CCC#CCc1c(CC#CCC)c(CC)c2cc3c(CC)c(CC)c(CC)c(CC)c3cc2c1CC.CCc1c(CC)c(CC)c2cc3c(CC)c(CBr)c(CBr)c(CC)c3cc2c1CC. The van der Waals surface area contributed by atoms with E-state index >= 15 is 0 Å². The van der Waals surface area contributed by atoms with Crippen LogP contribution in [-0.4, -0.2) is 0 Å². The quantitative estimate of drug-likeness (QED) is 0.0515. The van der Waals surface area contributed by atoms with Gasteiger partial charge < -0.3 is 0 Å². The minimum absolute atomic E-state index is 0.830. The van der Waals surface area contributed by atoms with E-state index in [1.165, 1.54) is 87.6 Å². The topological polar surface area (TPSA) is 0 Å². The molecule has 66 heavy (non-hydrogen) atoms. The van der Waals surface area contributed by atoms with Crippen LogP contribution in [0, 0.1) is 23.7 Å². The number of fused-ring (bicyclic) bond motifs is 4. The fourth-order valence-corrected chi connectivity index (χ4v) is 13.5. The summed E-state index contributed by atoms with van der Waals surface area (Å²) in [7, 11) is 0. The van der Waals surface area contributed by atoms with Crippen LogP contribution in [0.25, 0.3) is 43.1 Å². The first-order chi connectivity index (χ1) is 32.1. The molecule has 2 heteroatoms. The van der Waals surface area contributed by atoms with E-state index in [1.54, 1.807) is 44.5 Å². The highest BCUT2D eigenvalue weighted by Crippen LogP contribution is 2.42. The molecule has 0 N–H and O–H groups in total. The summed E-state index contributed by atoms with van der Waals surface area (Å²) in [6.45, 7) is 32.2. The van der Waals surface area contributed by atoms with Gasteiger partial charge in [-0.2, -0.15) is 0 Å². The largest absolute Gasteiger partial charge is 0.103 e. The zero-order valence-electron chi connectivity index (χ0n) is 43.8. The molecular formula is C64H82Br2. The van der Waals surface area contributed by atoms with Gasteiger partial charge in [-0.15, -0.1) is 11.8 Å². The van der Waals surface area contributed by atoms with Crippen LogP contribution in [0.1, 0.15) is 199 Å². The third kappa shape index (κ3) is 9.96. The van der Waals surface area contributed by atoms with Crippen LogP contribution in [-0.2, 0) is 101 Å². The second-order valence-electron chi connectivity index (χ2n) is 17.8. The van der Waals surface area contributed by atoms with Gasteiger partial charge in [0.15, 0.2) is 0 Å². The second-order valence-corrected chi connectivity index (χ2v) is 18.9. The predicted molar refractivity (Wildman–Crippen MR) is 304 cm³/mol. The van der Waals surface area contributed by atoms with Crippen LogP contribution in [0.5, 0.6) is 0 Å². The fraction of sp³-hybridized carbons (Fsp3) is 0.500. The van der Waals surface area contributed by atoms with Crippen molar-refractivity contribution >= 4 is 74.9 Å². The van der Waals surface area contributed by atoms with E-state index in [0.717, 1.165) is 113 Å². The Morgan fingerprint density at radius 3 is 0.591 bits per heavy atom. The van der Waals surface area contributed by atoms with Gasteiger partial charge in [0.25, 0.3) is 0 Å². The molecule has 0 aliphatic heterocycles. The highest BCUT2D eigenvalue weighted by molar-refractivity contribution is 9.09. The first-order valence-corrected chi connectivity index (χ1v) is 28.6. The normalized spacial score (nSPS) is 11.3. The summed E-state index contributed by atoms with van der Waals surface area (Å²) >= 11 is 7.62. The van der Waals surface area contributed by atoms with E-state index in [4.69, 9.17) is 0 Å². The number of halogens is 2. The number of rotatable bonds is 16. The van der Waals surface area contributed by atoms with Crippen molar-refractivity contribution in [3.63, 3.8) is 0 Å². The molecule has 0 fully saturated rings. The van der Waals surface area contributed by atoms with Crippen LogP contribution >= 0.6 is 31.9 Å². The zero-order chi connectivity index (χ0) is 48.2. The maximum Gasteiger partial charge on any atom is 0.0346 e. The van der Waals surface area contributed by atoms with Crippen molar-refractivity contribution in [3.05, 3.63) is 113 Å². The molecule has 0 saturated heterocycles. The van der Waals surface area contributed by atoms with Crippen molar-refractivity contribution in [1.29, 1.82) is 0 Å². The van der Waals surface area contributed by atoms with Gasteiger partial charge in [0.05, 0.1) is 0 Å². The van der Waals surface area contributed by atoms with E-state index in [1.807, 2.05) is 0 Å². The van der Waals surface area contributed by atoms with Crippen molar-refractivity contribution in [2.75, 3.05) is 0 Å². The van der Waals surface area contributed by atoms with Gasteiger partial charge in [0, 0.05) is 36.3 Å². The highest BCUT2D eigenvalue weighted by Gasteiger charge is 2.23. The molecule has 352 valence electrons. The zero-order valence-corrected chi connectivity index (χ0v) is 47.0. The molecule has 0 aromatic heterocycles. The molecule has 0 aliphatic carbocycles. The average molecular weight is 1010 g/mol. The lowest BCUT2D eigenvalue weighted by molar-refractivity contribution is 0.960. The minimum Gasteiger partial charge on any atom is -0.103 e. The minimum atomic E-state index is 0.830. The number of aryl methyl sites for hydroxylation is 8. The third-order valence-corrected chi connectivity index (χ3v) is 16.1. The van der Waals surface area contributed by atoms with Crippen molar-refractivity contribution in [2.45, 2.75) is 210 Å². The first kappa shape index (κ1) is 53.4. The highest BCUT2D eigenvalue weighted by atomic mass is 79.9. The summed E-state index contributed by atoms with van der Waals surface area (Å²) in [6.07, 6.45) is 16.5. The summed E-state index contributed by atoms with van der Waals surface area (Å²) in [6, 6.07) is 10.3. The number of benzene rings is 6. The van der Waals surface area contributed by atoms with Crippen molar-refractivity contribution in [1.82, 2.24) is 0 Å². The molecule has 6 rings (SSSR count). The smallest absolute Gasteiger partial charge is 0.0346 e. The number of alkyl halides is 2. The van der Waals surface area contributed by atoms with E-state index in [0.29, 0.717) is 0 Å². The lowest BCUT2D eigenvalue weighted by Gasteiger charge is -2.24. The van der Waals surface area contributed by atoms with Crippen LogP contribution < -0.4 is 0 Å². The van der Waals surface area contributed by atoms with Gasteiger partial charge in [0.2, 0.25) is 0 Å². The summed E-state index contributed by atoms with van der Waals surface area (Å²) < 4.78 is 0. The van der Waals surface area contributed by atoms with Gasteiger partial charge in [0.1, 0.15) is 0 Å². The Kier molecular flexibility index (Phi) is 20.4. The Morgan fingerprint density at radius 2 is 0.424 bits per heavy atom. The monoisotopic (exact) mass is 1010 g/mol. The Balaban J connectivity index is 0.000000251. The summed E-state index contributed by atoms with van der Waals surface area (Å²) in [5, 5.41) is 13.7. The molecule has 0 amide bonds. The molecular weight excluding hydrogens is 929 g/mol. The van der Waals surface area contributed by atoms with Gasteiger partial charge in [-0.1, -0.05) is 141 Å². The lowest BCUT2D eigenvalue weighted by atomic mass is 9.80. The van der Waals surface area contributed by atoms with E-state index in [-0.39, 0.29) is 0 Å². The molecule has 0 bridgehead atoms. The van der Waals surface area contributed by atoms with Gasteiger partial charge in [-0.25, -0.2) is 0 Å². The summed E-state index contributed by atoms with van der Waals surface area (Å²) in [5.74, 6) is 13.6. The van der Waals surface area contributed by atoms with E-state index in [9.17, 15) is 0 Å². The first-order valence-electron chi connectivity index (χ1n) is 26.3. The third-order valence-electron chi connectivity index (χ3n) is 14.9. The van der Waals surface area contributed by atoms with E-state index < -0.39 is 0 Å². The Bertz CT molecular complexity index is 2550. The summed E-state index contributed by atoms with van der Waals surface area (Å²) in [5.41, 5.74) is 24.6. The molecule has 0 saturated carbocycles. The van der Waals surface area contributed by atoms with Crippen molar-refractivity contribution in [3.8, 4) is 23.7 Å². The second kappa shape index (κ2) is 25.2.